The highest BCUT2D eigenvalue weighted by molar-refractivity contribution is 8.01. The van der Waals surface area contributed by atoms with E-state index in [0.29, 0.717) is 6.04 Å². The van der Waals surface area contributed by atoms with E-state index in [1.165, 1.54) is 4.70 Å². The molecule has 2 rings (SSSR count). The first-order valence-corrected chi connectivity index (χ1v) is 7.33. The average molecular weight is 252 g/mol. The van der Waals surface area contributed by atoms with E-state index in [-0.39, 0.29) is 0 Å². The predicted octanol–water partition coefficient (Wildman–Crippen LogP) is 3.52. The largest absolute Gasteiger partial charge is 0.327 e. The van der Waals surface area contributed by atoms with Gasteiger partial charge in [-0.1, -0.05) is 37.2 Å². The molecule has 0 aliphatic heterocycles. The van der Waals surface area contributed by atoms with E-state index in [4.69, 9.17) is 5.73 Å². The monoisotopic (exact) mass is 252 g/mol. The Hall–Kier alpha value is -0.580. The number of hydrogen-bond donors (Lipinski definition) is 1. The van der Waals surface area contributed by atoms with Gasteiger partial charge in [0.25, 0.3) is 0 Å². The Morgan fingerprint density at radius 3 is 3.00 bits per heavy atom. The fourth-order valence-electron chi connectivity index (χ4n) is 1.55. The number of fused-ring (bicyclic) bond motifs is 1. The van der Waals surface area contributed by atoms with Crippen LogP contribution in [0, 0.1) is 0 Å². The van der Waals surface area contributed by atoms with E-state index in [2.05, 4.69) is 30.1 Å². The van der Waals surface area contributed by atoms with Crippen LogP contribution in [0.1, 0.15) is 19.8 Å². The zero-order chi connectivity index (χ0) is 11.4. The molecule has 0 aliphatic rings. The highest BCUT2D eigenvalue weighted by atomic mass is 32.2. The summed E-state index contributed by atoms with van der Waals surface area (Å²) in [4.78, 5) is 4.57. The molecule has 0 saturated heterocycles. The quantitative estimate of drug-likeness (QED) is 0.828. The molecule has 2 N–H and O–H groups in total. The Labute approximate surface area is 104 Å². The second kappa shape index (κ2) is 5.66. The van der Waals surface area contributed by atoms with Crippen molar-refractivity contribution in [1.29, 1.82) is 0 Å². The Kier molecular flexibility index (Phi) is 4.21. The minimum Gasteiger partial charge on any atom is -0.327 e. The van der Waals surface area contributed by atoms with E-state index >= 15 is 0 Å². The third-order valence-electron chi connectivity index (χ3n) is 2.35. The maximum absolute atomic E-state index is 5.98. The molecule has 0 saturated carbocycles. The molecule has 0 aliphatic carbocycles. The summed E-state index contributed by atoms with van der Waals surface area (Å²) in [7, 11) is 0. The molecule has 1 aromatic carbocycles. The smallest absolute Gasteiger partial charge is 0.151 e. The topological polar surface area (TPSA) is 38.9 Å². The van der Waals surface area contributed by atoms with Crippen molar-refractivity contribution in [2.24, 2.45) is 5.73 Å². The van der Waals surface area contributed by atoms with Crippen molar-refractivity contribution in [2.75, 3.05) is 5.75 Å². The van der Waals surface area contributed by atoms with Crippen molar-refractivity contribution < 1.29 is 0 Å². The van der Waals surface area contributed by atoms with Gasteiger partial charge in [-0.25, -0.2) is 4.98 Å². The third kappa shape index (κ3) is 2.97. The molecule has 1 atom stereocenters. The van der Waals surface area contributed by atoms with Crippen LogP contribution < -0.4 is 5.73 Å². The number of hydrogen-bond acceptors (Lipinski definition) is 4. The lowest BCUT2D eigenvalue weighted by Crippen LogP contribution is -2.22. The van der Waals surface area contributed by atoms with Crippen molar-refractivity contribution >= 4 is 33.3 Å². The van der Waals surface area contributed by atoms with Crippen LogP contribution in [-0.2, 0) is 0 Å². The zero-order valence-electron chi connectivity index (χ0n) is 9.35. The summed E-state index contributed by atoms with van der Waals surface area (Å²) in [5.74, 6) is 0.966. The Morgan fingerprint density at radius 2 is 2.25 bits per heavy atom. The summed E-state index contributed by atoms with van der Waals surface area (Å²) in [5.41, 5.74) is 7.08. The van der Waals surface area contributed by atoms with Crippen molar-refractivity contribution in [2.45, 2.75) is 30.1 Å². The van der Waals surface area contributed by atoms with Crippen LogP contribution in [0.3, 0.4) is 0 Å². The van der Waals surface area contributed by atoms with Gasteiger partial charge in [-0.2, -0.15) is 0 Å². The molecular formula is C12H16N2S2. The lowest BCUT2D eigenvalue weighted by Gasteiger charge is -2.07. The maximum atomic E-state index is 5.98. The van der Waals surface area contributed by atoms with Crippen molar-refractivity contribution in [3.8, 4) is 0 Å². The second-order valence-corrected chi connectivity index (χ2v) is 6.11. The van der Waals surface area contributed by atoms with E-state index in [0.717, 1.165) is 28.5 Å². The molecule has 0 spiro atoms. The summed E-state index contributed by atoms with van der Waals surface area (Å²) in [5, 5.41) is 0. The van der Waals surface area contributed by atoms with E-state index < -0.39 is 0 Å². The lowest BCUT2D eigenvalue weighted by molar-refractivity contribution is 0.660. The highest BCUT2D eigenvalue weighted by Gasteiger charge is 2.06. The van der Waals surface area contributed by atoms with Crippen molar-refractivity contribution in [3.63, 3.8) is 0 Å². The maximum Gasteiger partial charge on any atom is 0.151 e. The van der Waals surface area contributed by atoms with Crippen LogP contribution in [0.5, 0.6) is 0 Å². The third-order valence-corrected chi connectivity index (χ3v) is 4.72. The number of thioether (sulfide) groups is 1. The minimum atomic E-state index is 0.294. The van der Waals surface area contributed by atoms with Gasteiger partial charge in [0.15, 0.2) is 4.34 Å². The molecule has 0 radical (unpaired) electrons. The Balaban J connectivity index is 1.99. The molecule has 16 heavy (non-hydrogen) atoms. The van der Waals surface area contributed by atoms with Gasteiger partial charge >= 0.3 is 0 Å². The van der Waals surface area contributed by atoms with Crippen LogP contribution in [0.2, 0.25) is 0 Å². The zero-order valence-corrected chi connectivity index (χ0v) is 11.0. The molecule has 1 unspecified atom stereocenters. The SMILES string of the molecule is CCCC(N)CSc1nc2ccccc2s1. The summed E-state index contributed by atoms with van der Waals surface area (Å²) in [6.45, 7) is 2.17. The minimum absolute atomic E-state index is 0.294. The number of rotatable bonds is 5. The number of para-hydroxylation sites is 1. The molecule has 0 amide bonds. The van der Waals surface area contributed by atoms with Crippen molar-refractivity contribution in [1.82, 2.24) is 4.98 Å². The van der Waals surface area contributed by atoms with Gasteiger partial charge in [-0.3, -0.25) is 0 Å². The standard InChI is InChI=1S/C12H16N2S2/c1-2-5-9(13)8-15-12-14-10-6-3-4-7-11(10)16-12/h3-4,6-7,9H,2,5,8,13H2,1H3. The predicted molar refractivity (Wildman–Crippen MR) is 73.2 cm³/mol. The van der Waals surface area contributed by atoms with Gasteiger partial charge < -0.3 is 5.73 Å². The van der Waals surface area contributed by atoms with Gasteiger partial charge in [-0.05, 0) is 18.6 Å². The molecule has 2 aromatic rings. The Morgan fingerprint density at radius 1 is 1.44 bits per heavy atom. The van der Waals surface area contributed by atoms with Crippen LogP contribution in [0.4, 0.5) is 0 Å². The van der Waals surface area contributed by atoms with Gasteiger partial charge in [0.05, 0.1) is 10.2 Å². The van der Waals surface area contributed by atoms with E-state index in [1.54, 1.807) is 23.1 Å². The van der Waals surface area contributed by atoms with Gasteiger partial charge in [-0.15, -0.1) is 11.3 Å². The van der Waals surface area contributed by atoms with Crippen LogP contribution in [0.25, 0.3) is 10.2 Å². The first-order valence-electron chi connectivity index (χ1n) is 5.53. The summed E-state index contributed by atoms with van der Waals surface area (Å²) >= 11 is 3.53. The first kappa shape index (κ1) is 11.9. The summed E-state index contributed by atoms with van der Waals surface area (Å²) in [6.07, 6.45) is 2.25. The highest BCUT2D eigenvalue weighted by Crippen LogP contribution is 2.29. The number of nitrogens with zero attached hydrogens (tertiary/aromatic N) is 1. The fourth-order valence-corrected chi connectivity index (χ4v) is 3.64. The molecule has 0 fully saturated rings. The van der Waals surface area contributed by atoms with Crippen LogP contribution >= 0.6 is 23.1 Å². The number of benzene rings is 1. The summed E-state index contributed by atoms with van der Waals surface area (Å²) < 4.78 is 2.39. The average Bonchev–Trinajstić information content (AvgIpc) is 2.69. The number of aromatic nitrogens is 1. The van der Waals surface area contributed by atoms with E-state index in [9.17, 15) is 0 Å². The van der Waals surface area contributed by atoms with Gasteiger partial charge in [0.2, 0.25) is 0 Å². The first-order chi connectivity index (χ1) is 7.79. The lowest BCUT2D eigenvalue weighted by atomic mass is 10.2. The number of thiazole rings is 1. The van der Waals surface area contributed by atoms with Gasteiger partial charge in [0.1, 0.15) is 0 Å². The fraction of sp³-hybridized carbons (Fsp3) is 0.417. The van der Waals surface area contributed by atoms with Crippen molar-refractivity contribution in [3.05, 3.63) is 24.3 Å². The molecular weight excluding hydrogens is 236 g/mol. The normalized spacial score (nSPS) is 13.1. The Bertz CT molecular complexity index is 420. The van der Waals surface area contributed by atoms with E-state index in [1.807, 2.05) is 6.07 Å². The second-order valence-electron chi connectivity index (χ2n) is 3.81. The van der Waals surface area contributed by atoms with Crippen LogP contribution in [0.15, 0.2) is 28.6 Å². The molecule has 1 aromatic heterocycles. The summed E-state index contributed by atoms with van der Waals surface area (Å²) in [6, 6.07) is 8.55. The molecule has 86 valence electrons. The molecule has 4 heteroatoms. The molecule has 1 heterocycles. The number of nitrogens with two attached hydrogens (primary N) is 1. The van der Waals surface area contributed by atoms with Crippen LogP contribution in [-0.4, -0.2) is 16.8 Å². The van der Waals surface area contributed by atoms with Gasteiger partial charge in [0, 0.05) is 11.8 Å². The molecule has 0 bridgehead atoms. The molecule has 2 nitrogen and oxygen atoms in total.